The highest BCUT2D eigenvalue weighted by Gasteiger charge is 2.35. The van der Waals surface area contributed by atoms with Crippen LogP contribution in [0.15, 0.2) is 29.0 Å². The first kappa shape index (κ1) is 17.7. The molecule has 1 fully saturated rings. The number of hydrogen-bond acceptors (Lipinski definition) is 4. The van der Waals surface area contributed by atoms with Gasteiger partial charge < -0.3 is 10.2 Å². The van der Waals surface area contributed by atoms with Crippen LogP contribution < -0.4 is 15.5 Å². The molecule has 1 saturated carbocycles. The highest BCUT2D eigenvalue weighted by molar-refractivity contribution is 7.10. The van der Waals surface area contributed by atoms with Crippen molar-refractivity contribution in [2.75, 3.05) is 13.1 Å². The minimum atomic E-state index is -0.345. The maximum atomic E-state index is 12.5. The summed E-state index contributed by atoms with van der Waals surface area (Å²) in [5, 5.41) is 9.68. The first-order valence-corrected chi connectivity index (χ1v) is 11.0. The number of carbonyl (C=O) groups excluding carboxylic acids is 2. The van der Waals surface area contributed by atoms with Gasteiger partial charge >= 0.3 is 6.03 Å². The van der Waals surface area contributed by atoms with Gasteiger partial charge in [-0.1, -0.05) is 18.9 Å². The van der Waals surface area contributed by atoms with Gasteiger partial charge in [0, 0.05) is 22.9 Å². The summed E-state index contributed by atoms with van der Waals surface area (Å²) in [4.78, 5) is 28.5. The number of imide groups is 1. The lowest BCUT2D eigenvalue weighted by Crippen LogP contribution is -3.14. The largest absolute Gasteiger partial charge is 0.335 e. The standard InChI is InChI=1S/C19H23N3O2S2/c23-17(21-19(24)20-13-4-1-2-5-13)12-22-9-7-15-14(8-11-26-15)18(22)16-6-3-10-25-16/h3,6,8,10-11,13,18H,1-2,4-5,7,9,12H2,(H2,20,21,23,24)/p+1/t18-/m0/s1. The molecule has 138 valence electrons. The van der Waals surface area contributed by atoms with Gasteiger partial charge in [-0.05, 0) is 35.7 Å². The molecule has 0 saturated heterocycles. The zero-order valence-corrected chi connectivity index (χ0v) is 16.3. The second kappa shape index (κ2) is 7.90. The Morgan fingerprint density at radius 2 is 2.00 bits per heavy atom. The number of nitrogens with one attached hydrogen (secondary N) is 3. The van der Waals surface area contributed by atoms with Crippen molar-refractivity contribution in [3.05, 3.63) is 44.3 Å². The Bertz CT molecular complexity index is 766. The fourth-order valence-corrected chi connectivity index (χ4v) is 5.94. The number of fused-ring (bicyclic) bond motifs is 1. The van der Waals surface area contributed by atoms with Crippen LogP contribution in [0.4, 0.5) is 4.79 Å². The van der Waals surface area contributed by atoms with Crippen LogP contribution in [0.1, 0.15) is 47.0 Å². The third-order valence-corrected chi connectivity index (χ3v) is 7.26. The van der Waals surface area contributed by atoms with Gasteiger partial charge in [0.05, 0.1) is 11.4 Å². The van der Waals surface area contributed by atoms with E-state index in [9.17, 15) is 9.59 Å². The van der Waals surface area contributed by atoms with Crippen LogP contribution in [0.25, 0.3) is 0 Å². The van der Waals surface area contributed by atoms with Gasteiger partial charge in [0.25, 0.3) is 5.91 Å². The zero-order chi connectivity index (χ0) is 17.9. The molecule has 0 spiro atoms. The first-order valence-electron chi connectivity index (χ1n) is 9.25. The molecule has 4 rings (SSSR count). The van der Waals surface area contributed by atoms with Crippen LogP contribution in [0.3, 0.4) is 0 Å². The van der Waals surface area contributed by atoms with Gasteiger partial charge in [0.15, 0.2) is 6.54 Å². The van der Waals surface area contributed by atoms with E-state index in [-0.39, 0.29) is 24.0 Å². The molecule has 1 aliphatic carbocycles. The Hall–Kier alpha value is -1.70. The minimum absolute atomic E-state index is 0.189. The zero-order valence-electron chi connectivity index (χ0n) is 14.6. The normalized spacial score (nSPS) is 22.8. The minimum Gasteiger partial charge on any atom is -0.335 e. The van der Waals surface area contributed by atoms with Crippen molar-refractivity contribution in [1.29, 1.82) is 0 Å². The van der Waals surface area contributed by atoms with Gasteiger partial charge in [-0.15, -0.1) is 22.7 Å². The summed E-state index contributed by atoms with van der Waals surface area (Å²) in [5.74, 6) is -0.198. The quantitative estimate of drug-likeness (QED) is 0.749. The van der Waals surface area contributed by atoms with Gasteiger partial charge in [0.1, 0.15) is 6.04 Å². The highest BCUT2D eigenvalue weighted by Crippen LogP contribution is 2.31. The molecular formula is C19H24N3O2S2+. The Labute approximate surface area is 161 Å². The van der Waals surface area contributed by atoms with Crippen LogP contribution in [0, 0.1) is 0 Å². The number of amides is 3. The lowest BCUT2D eigenvalue weighted by atomic mass is 9.98. The lowest BCUT2D eigenvalue weighted by Gasteiger charge is -2.31. The molecule has 2 atom stereocenters. The molecule has 26 heavy (non-hydrogen) atoms. The first-order chi connectivity index (χ1) is 12.7. The second-order valence-corrected chi connectivity index (χ2v) is 9.07. The van der Waals surface area contributed by atoms with Crippen molar-refractivity contribution in [3.63, 3.8) is 0 Å². The summed E-state index contributed by atoms with van der Waals surface area (Å²) in [5.41, 5.74) is 1.34. The molecule has 1 unspecified atom stereocenters. The molecule has 2 aromatic heterocycles. The maximum absolute atomic E-state index is 12.5. The van der Waals surface area contributed by atoms with Crippen molar-refractivity contribution in [1.82, 2.24) is 10.6 Å². The monoisotopic (exact) mass is 390 g/mol. The summed E-state index contributed by atoms with van der Waals surface area (Å²) >= 11 is 3.54. The second-order valence-electron chi connectivity index (χ2n) is 7.09. The number of hydrogen-bond donors (Lipinski definition) is 3. The van der Waals surface area contributed by atoms with Crippen LogP contribution in [0.2, 0.25) is 0 Å². The summed E-state index contributed by atoms with van der Waals surface area (Å²) in [7, 11) is 0. The molecular weight excluding hydrogens is 366 g/mol. The summed E-state index contributed by atoms with van der Waals surface area (Å²) in [6.45, 7) is 1.23. The third-order valence-electron chi connectivity index (χ3n) is 5.33. The number of quaternary nitrogens is 1. The van der Waals surface area contributed by atoms with Crippen molar-refractivity contribution < 1.29 is 14.5 Å². The molecule has 3 amide bonds. The lowest BCUT2D eigenvalue weighted by molar-refractivity contribution is -0.919. The van der Waals surface area contributed by atoms with Crippen LogP contribution in [0.5, 0.6) is 0 Å². The van der Waals surface area contributed by atoms with E-state index in [4.69, 9.17) is 0 Å². The van der Waals surface area contributed by atoms with E-state index in [2.05, 4.69) is 39.6 Å². The molecule has 2 aromatic rings. The predicted molar refractivity (Wildman–Crippen MR) is 104 cm³/mol. The highest BCUT2D eigenvalue weighted by atomic mass is 32.1. The van der Waals surface area contributed by atoms with Crippen LogP contribution >= 0.6 is 22.7 Å². The molecule has 0 aromatic carbocycles. The van der Waals surface area contributed by atoms with E-state index in [1.165, 1.54) is 20.2 Å². The summed E-state index contributed by atoms with van der Waals surface area (Å²) < 4.78 is 0. The average Bonchev–Trinajstić information content (AvgIpc) is 3.36. The summed E-state index contributed by atoms with van der Waals surface area (Å²) in [6, 6.07) is 6.46. The smallest absolute Gasteiger partial charge is 0.321 e. The van der Waals surface area contributed by atoms with E-state index in [1.54, 1.807) is 22.7 Å². The van der Waals surface area contributed by atoms with Crippen molar-refractivity contribution in [3.8, 4) is 0 Å². The van der Waals surface area contributed by atoms with Gasteiger partial charge in [0.2, 0.25) is 0 Å². The van der Waals surface area contributed by atoms with Gasteiger partial charge in [-0.25, -0.2) is 4.79 Å². The fraction of sp³-hybridized carbons (Fsp3) is 0.474. The van der Waals surface area contributed by atoms with Gasteiger partial charge in [-0.3, -0.25) is 10.1 Å². The molecule has 5 nitrogen and oxygen atoms in total. The summed E-state index contributed by atoms with van der Waals surface area (Å²) in [6.07, 6.45) is 5.33. The van der Waals surface area contributed by atoms with Crippen molar-refractivity contribution in [2.45, 2.75) is 44.2 Å². The molecule has 3 N–H and O–H groups in total. The van der Waals surface area contributed by atoms with E-state index in [1.807, 2.05) is 0 Å². The van der Waals surface area contributed by atoms with Crippen molar-refractivity contribution >= 4 is 34.6 Å². The molecule has 3 heterocycles. The van der Waals surface area contributed by atoms with E-state index < -0.39 is 0 Å². The van der Waals surface area contributed by atoms with Crippen LogP contribution in [-0.4, -0.2) is 31.1 Å². The Kier molecular flexibility index (Phi) is 5.38. The van der Waals surface area contributed by atoms with Gasteiger partial charge in [-0.2, -0.15) is 0 Å². The topological polar surface area (TPSA) is 62.6 Å². The maximum Gasteiger partial charge on any atom is 0.321 e. The number of carbonyl (C=O) groups is 2. The Balaban J connectivity index is 1.41. The van der Waals surface area contributed by atoms with E-state index >= 15 is 0 Å². The number of thiophene rings is 2. The molecule has 7 heteroatoms. The Morgan fingerprint density at radius 3 is 2.77 bits per heavy atom. The third kappa shape index (κ3) is 3.84. The van der Waals surface area contributed by atoms with Crippen molar-refractivity contribution in [2.24, 2.45) is 0 Å². The number of rotatable bonds is 4. The molecule has 0 bridgehead atoms. The van der Waals surface area contributed by atoms with Crippen LogP contribution in [-0.2, 0) is 11.2 Å². The molecule has 1 aliphatic heterocycles. The van der Waals surface area contributed by atoms with E-state index in [0.717, 1.165) is 38.6 Å². The van der Waals surface area contributed by atoms with E-state index in [0.29, 0.717) is 6.54 Å². The molecule has 0 radical (unpaired) electrons. The SMILES string of the molecule is O=C(C[NH+]1CCc2sccc2[C@H]1c1cccs1)NC(=O)NC1CCCC1. The fourth-order valence-electron chi connectivity index (χ4n) is 4.12. The average molecular weight is 391 g/mol. The predicted octanol–water partition coefficient (Wildman–Crippen LogP) is 2.11. The molecule has 2 aliphatic rings. The number of urea groups is 1. The Morgan fingerprint density at radius 1 is 1.15 bits per heavy atom.